The summed E-state index contributed by atoms with van der Waals surface area (Å²) in [6.07, 6.45) is -0.0748. The molecule has 0 aliphatic carbocycles. The van der Waals surface area contributed by atoms with Crippen molar-refractivity contribution in [1.29, 1.82) is 0 Å². The number of hydrogen-bond donors (Lipinski definition) is 0. The van der Waals surface area contributed by atoms with Crippen molar-refractivity contribution in [2.45, 2.75) is 90.6 Å². The summed E-state index contributed by atoms with van der Waals surface area (Å²) in [5, 5.41) is 0. The van der Waals surface area contributed by atoms with Gasteiger partial charge in [0.2, 0.25) is 5.91 Å². The molecule has 1 saturated heterocycles. The summed E-state index contributed by atoms with van der Waals surface area (Å²) in [4.78, 5) is 15.3. The van der Waals surface area contributed by atoms with Gasteiger partial charge in [0.15, 0.2) is 8.32 Å². The molecule has 4 atom stereocenters. The lowest BCUT2D eigenvalue weighted by molar-refractivity contribution is -0.162. The number of likely N-dealkylation sites (tertiary alicyclic amines) is 1. The Bertz CT molecular complexity index is 735. The van der Waals surface area contributed by atoms with Gasteiger partial charge in [-0.3, -0.25) is 4.79 Å². The van der Waals surface area contributed by atoms with E-state index in [4.69, 9.17) is 4.43 Å². The van der Waals surface area contributed by atoms with E-state index in [9.17, 15) is 4.79 Å². The zero-order valence-electron chi connectivity index (χ0n) is 19.6. The molecule has 1 heterocycles. The predicted molar refractivity (Wildman–Crippen MR) is 128 cm³/mol. The van der Waals surface area contributed by atoms with Crippen molar-refractivity contribution in [3.8, 4) is 11.5 Å². The van der Waals surface area contributed by atoms with Crippen molar-refractivity contribution in [1.82, 2.24) is 4.90 Å². The van der Waals surface area contributed by atoms with Crippen molar-refractivity contribution in [3.63, 3.8) is 0 Å². The van der Waals surface area contributed by atoms with Gasteiger partial charge < -0.3 is 9.33 Å². The van der Waals surface area contributed by atoms with Crippen LogP contribution in [0.5, 0.6) is 0 Å². The number of amides is 1. The van der Waals surface area contributed by atoms with Gasteiger partial charge >= 0.3 is 0 Å². The summed E-state index contributed by atoms with van der Waals surface area (Å²) < 4.78 is 6.69. The second-order valence-corrected chi connectivity index (χ2v) is 18.9. The Morgan fingerprint density at radius 3 is 2.07 bits per heavy atom. The first-order valence-electron chi connectivity index (χ1n) is 11.2. The number of benzene rings is 1. The van der Waals surface area contributed by atoms with Crippen molar-refractivity contribution < 1.29 is 9.22 Å². The largest absolute Gasteiger partial charge is 0.413 e. The van der Waals surface area contributed by atoms with Crippen molar-refractivity contribution in [3.05, 3.63) is 35.9 Å². The van der Waals surface area contributed by atoms with E-state index in [1.807, 2.05) is 23.1 Å². The molecule has 0 saturated carbocycles. The van der Waals surface area contributed by atoms with Crippen LogP contribution in [0.4, 0.5) is 0 Å². The molecule has 0 aromatic heterocycles. The summed E-state index contributed by atoms with van der Waals surface area (Å²) in [5.41, 5.74) is 4.68. The maximum atomic E-state index is 13.3. The molecule has 3 nitrogen and oxygen atoms in total. The van der Waals surface area contributed by atoms with Gasteiger partial charge in [0.1, 0.15) is 14.1 Å². The van der Waals surface area contributed by atoms with Crippen LogP contribution in [-0.2, 0) is 9.22 Å². The smallest absolute Gasteiger partial charge is 0.232 e. The minimum atomic E-state index is -1.77. The third kappa shape index (κ3) is 5.42. The van der Waals surface area contributed by atoms with E-state index in [2.05, 4.69) is 77.9 Å². The molecule has 1 aliphatic heterocycles. The SMILES string of the molecule is CC[Si](CC)(CC)O[C@@H](C)[C@@H]1C(=O)N([C@H](C)c2ccccc2)[C@@H]1C#C[Si](C)(C)C. The fourth-order valence-electron chi connectivity index (χ4n) is 4.23. The summed E-state index contributed by atoms with van der Waals surface area (Å²) in [6, 6.07) is 13.5. The highest BCUT2D eigenvalue weighted by Gasteiger charge is 2.52. The molecule has 1 fully saturated rings. The number of β-lactam (4-membered cyclic amide) rings is 1. The van der Waals surface area contributed by atoms with E-state index >= 15 is 0 Å². The molecule has 1 aromatic rings. The number of carbonyl (C=O) groups is 1. The number of nitrogens with zero attached hydrogens (tertiary/aromatic N) is 1. The average Bonchev–Trinajstić information content (AvgIpc) is 2.69. The van der Waals surface area contributed by atoms with Crippen LogP contribution in [0.1, 0.15) is 46.2 Å². The van der Waals surface area contributed by atoms with E-state index in [0.717, 1.165) is 23.7 Å². The highest BCUT2D eigenvalue weighted by molar-refractivity contribution is 6.83. The number of carbonyl (C=O) groups excluding carboxylic acids is 1. The van der Waals surface area contributed by atoms with Crippen LogP contribution in [0.2, 0.25) is 37.8 Å². The van der Waals surface area contributed by atoms with Crippen LogP contribution in [0.15, 0.2) is 30.3 Å². The highest BCUT2D eigenvalue weighted by atomic mass is 28.4. The normalized spacial score (nSPS) is 21.8. The molecular formula is C24H39NO2Si2. The fraction of sp³-hybridized carbons (Fsp3) is 0.625. The highest BCUT2D eigenvalue weighted by Crippen LogP contribution is 2.39. The van der Waals surface area contributed by atoms with Gasteiger partial charge in [0.25, 0.3) is 0 Å². The molecule has 0 N–H and O–H groups in total. The average molecular weight is 430 g/mol. The van der Waals surface area contributed by atoms with Crippen LogP contribution in [0.3, 0.4) is 0 Å². The van der Waals surface area contributed by atoms with Gasteiger partial charge in [-0.15, -0.1) is 5.54 Å². The van der Waals surface area contributed by atoms with Crippen LogP contribution >= 0.6 is 0 Å². The van der Waals surface area contributed by atoms with Gasteiger partial charge in [-0.2, -0.15) is 0 Å². The lowest BCUT2D eigenvalue weighted by atomic mass is 9.81. The van der Waals surface area contributed by atoms with Gasteiger partial charge in [-0.25, -0.2) is 0 Å². The van der Waals surface area contributed by atoms with Gasteiger partial charge in [0, 0.05) is 0 Å². The topological polar surface area (TPSA) is 29.5 Å². The first-order valence-corrected chi connectivity index (χ1v) is 17.2. The maximum Gasteiger partial charge on any atom is 0.232 e. The first kappa shape index (κ1) is 23.9. The fourth-order valence-corrected chi connectivity index (χ4v) is 7.75. The van der Waals surface area contributed by atoms with Gasteiger partial charge in [0.05, 0.1) is 18.1 Å². The Morgan fingerprint density at radius 2 is 1.59 bits per heavy atom. The van der Waals surface area contributed by atoms with E-state index in [1.165, 1.54) is 0 Å². The molecule has 0 spiro atoms. The van der Waals surface area contributed by atoms with Crippen LogP contribution < -0.4 is 0 Å². The molecule has 5 heteroatoms. The number of rotatable bonds is 8. The summed E-state index contributed by atoms with van der Waals surface area (Å²) in [7, 11) is -3.30. The maximum absolute atomic E-state index is 13.3. The van der Waals surface area contributed by atoms with Gasteiger partial charge in [-0.1, -0.05) is 76.7 Å². The van der Waals surface area contributed by atoms with Crippen molar-refractivity contribution >= 4 is 22.3 Å². The lowest BCUT2D eigenvalue weighted by Gasteiger charge is -2.51. The van der Waals surface area contributed by atoms with E-state index in [0.29, 0.717) is 0 Å². The molecule has 0 unspecified atom stereocenters. The van der Waals surface area contributed by atoms with Crippen LogP contribution in [0, 0.1) is 17.4 Å². The van der Waals surface area contributed by atoms with Crippen LogP contribution in [-0.4, -0.2) is 39.3 Å². The van der Waals surface area contributed by atoms with Crippen molar-refractivity contribution in [2.75, 3.05) is 0 Å². The van der Waals surface area contributed by atoms with Crippen molar-refractivity contribution in [2.24, 2.45) is 5.92 Å². The zero-order chi connectivity index (χ0) is 21.8. The Morgan fingerprint density at radius 1 is 1.03 bits per heavy atom. The molecule has 160 valence electrons. The summed E-state index contributed by atoms with van der Waals surface area (Å²) in [6.45, 7) is 17.7. The minimum Gasteiger partial charge on any atom is -0.413 e. The van der Waals surface area contributed by atoms with E-state index in [1.54, 1.807) is 0 Å². The predicted octanol–water partition coefficient (Wildman–Crippen LogP) is 5.87. The molecule has 0 bridgehead atoms. The third-order valence-electron chi connectivity index (χ3n) is 6.35. The Hall–Kier alpha value is -1.36. The zero-order valence-corrected chi connectivity index (χ0v) is 21.6. The minimum absolute atomic E-state index is 0.0265. The number of hydrogen-bond acceptors (Lipinski definition) is 2. The Labute approximate surface area is 180 Å². The molecule has 1 amide bonds. The first-order chi connectivity index (χ1) is 13.6. The lowest BCUT2D eigenvalue weighted by Crippen LogP contribution is -2.65. The monoisotopic (exact) mass is 429 g/mol. The van der Waals surface area contributed by atoms with E-state index in [-0.39, 0.29) is 30.0 Å². The standard InChI is InChI=1S/C24H39NO2Si2/c1-9-29(10-2,11-3)27-20(5)23-22(17-18-28(6,7)8)25(24(23)26)19(4)21-15-13-12-14-16-21/h12-16,19-20,22-23H,9-11H2,1-8H3/t19-,20+,22-,23+/m1/s1. The Kier molecular flexibility index (Phi) is 7.95. The Balaban J connectivity index is 2.31. The third-order valence-corrected chi connectivity index (χ3v) is 12.0. The molecular weight excluding hydrogens is 390 g/mol. The molecule has 1 aliphatic rings. The van der Waals surface area contributed by atoms with Crippen LogP contribution in [0.25, 0.3) is 0 Å². The summed E-state index contributed by atoms with van der Waals surface area (Å²) in [5.74, 6) is 3.55. The van der Waals surface area contributed by atoms with Gasteiger partial charge in [-0.05, 0) is 37.5 Å². The van der Waals surface area contributed by atoms with E-state index < -0.39 is 16.4 Å². The summed E-state index contributed by atoms with van der Waals surface area (Å²) >= 11 is 0. The molecule has 0 radical (unpaired) electrons. The molecule has 1 aromatic carbocycles. The molecule has 29 heavy (non-hydrogen) atoms. The quantitative estimate of drug-likeness (QED) is 0.294. The second-order valence-electron chi connectivity index (χ2n) is 9.39. The molecule has 2 rings (SSSR count). The second kappa shape index (κ2) is 9.63.